The molecule has 5 heteroatoms. The van der Waals surface area contributed by atoms with Gasteiger partial charge in [0.25, 0.3) is 0 Å². The van der Waals surface area contributed by atoms with E-state index in [0.717, 1.165) is 47.3 Å². The van der Waals surface area contributed by atoms with E-state index in [2.05, 4.69) is 39.8 Å². The minimum absolute atomic E-state index is 0.00727. The van der Waals surface area contributed by atoms with Crippen LogP contribution in [0.25, 0.3) is 16.7 Å². The Hall–Kier alpha value is -3.60. The van der Waals surface area contributed by atoms with Crippen molar-refractivity contribution in [3.63, 3.8) is 0 Å². The van der Waals surface area contributed by atoms with Crippen LogP contribution in [0.1, 0.15) is 88.8 Å². The third-order valence-corrected chi connectivity index (χ3v) is 8.53. The van der Waals surface area contributed by atoms with Crippen LogP contribution in [0.15, 0.2) is 66.7 Å². The maximum Gasteiger partial charge on any atom is 0.303 e. The lowest BCUT2D eigenvalue weighted by atomic mass is 9.65. The molecule has 1 N–H and O–H groups in total. The van der Waals surface area contributed by atoms with Crippen molar-refractivity contribution in [1.82, 2.24) is 0 Å². The van der Waals surface area contributed by atoms with Crippen molar-refractivity contribution < 1.29 is 23.8 Å². The van der Waals surface area contributed by atoms with E-state index in [1.165, 1.54) is 24.5 Å². The summed E-state index contributed by atoms with van der Waals surface area (Å²) in [5.74, 6) is 0.917. The first-order chi connectivity index (χ1) is 19.9. The second-order valence-corrected chi connectivity index (χ2v) is 13.7. The normalized spacial score (nSPS) is 18.2. The molecule has 2 aliphatic rings. The first-order valence-corrected chi connectivity index (χ1v) is 15.0. The van der Waals surface area contributed by atoms with E-state index in [4.69, 9.17) is 9.47 Å². The zero-order valence-electron chi connectivity index (χ0n) is 25.5. The number of rotatable bonds is 11. The molecular weight excluding hydrogens is 527 g/mol. The lowest BCUT2D eigenvalue weighted by Gasteiger charge is -2.40. The van der Waals surface area contributed by atoms with Crippen LogP contribution >= 0.6 is 0 Å². The molecule has 0 saturated heterocycles. The average Bonchev–Trinajstić information content (AvgIpc) is 3.74. The Morgan fingerprint density at radius 2 is 1.76 bits per heavy atom. The van der Waals surface area contributed by atoms with Crippen molar-refractivity contribution in [2.24, 2.45) is 16.7 Å². The molecule has 1 atom stereocenters. The fraction of sp³-hybridized carbons (Fsp3) is 0.432. The molecule has 0 radical (unpaired) electrons. The van der Waals surface area contributed by atoms with Crippen LogP contribution in [-0.2, 0) is 11.4 Å². The number of benzene rings is 3. The van der Waals surface area contributed by atoms with Gasteiger partial charge in [0.05, 0.1) is 13.5 Å². The van der Waals surface area contributed by atoms with E-state index in [1.54, 1.807) is 19.2 Å². The smallest absolute Gasteiger partial charge is 0.303 e. The summed E-state index contributed by atoms with van der Waals surface area (Å²) in [5.41, 5.74) is 5.73. The molecule has 1 fully saturated rings. The molecule has 222 valence electrons. The van der Waals surface area contributed by atoms with Gasteiger partial charge in [0, 0.05) is 5.56 Å². The number of carbonyl (C=O) groups is 1. The van der Waals surface area contributed by atoms with Gasteiger partial charge in [-0.25, -0.2) is 4.39 Å². The van der Waals surface area contributed by atoms with Crippen LogP contribution in [0.3, 0.4) is 0 Å². The van der Waals surface area contributed by atoms with E-state index < -0.39 is 5.97 Å². The van der Waals surface area contributed by atoms with Crippen LogP contribution < -0.4 is 9.47 Å². The van der Waals surface area contributed by atoms with Crippen molar-refractivity contribution >= 4 is 11.5 Å². The highest BCUT2D eigenvalue weighted by molar-refractivity contribution is 5.83. The summed E-state index contributed by atoms with van der Waals surface area (Å²) < 4.78 is 27.0. The summed E-state index contributed by atoms with van der Waals surface area (Å²) >= 11 is 0. The number of hydrogen-bond acceptors (Lipinski definition) is 3. The number of aliphatic carboxylic acids is 1. The van der Waals surface area contributed by atoms with Crippen LogP contribution in [0.4, 0.5) is 4.39 Å². The molecule has 2 aliphatic carbocycles. The predicted molar refractivity (Wildman–Crippen MR) is 166 cm³/mol. The van der Waals surface area contributed by atoms with Crippen molar-refractivity contribution in [3.05, 3.63) is 89.2 Å². The standard InChI is InChI=1S/C37H43FO4/c1-36(2)20-28(21-37(3,4)23-36)32-16-25(11-13-31(32)33-19-29(41-5)12-14-34(33)38)22-42-30-8-6-7-26(17-30)27(18-35(39)40)15-24-9-10-24/h6-8,11-14,16-17,19-20,24,27H,9-10,15,18,21-23H2,1-5H3,(H,39,40)/t27-/m0/s1. The summed E-state index contributed by atoms with van der Waals surface area (Å²) in [6.07, 6.45) is 7.75. The Morgan fingerprint density at radius 1 is 0.976 bits per heavy atom. The molecule has 5 rings (SSSR count). The van der Waals surface area contributed by atoms with Gasteiger partial charge >= 0.3 is 5.97 Å². The van der Waals surface area contributed by atoms with Gasteiger partial charge in [-0.15, -0.1) is 0 Å². The third-order valence-electron chi connectivity index (χ3n) is 8.53. The molecule has 0 spiro atoms. The maximum atomic E-state index is 15.2. The molecule has 0 unspecified atom stereocenters. The van der Waals surface area contributed by atoms with Crippen molar-refractivity contribution in [2.45, 2.75) is 78.7 Å². The van der Waals surface area contributed by atoms with Crippen molar-refractivity contribution in [3.8, 4) is 22.6 Å². The monoisotopic (exact) mass is 570 g/mol. The third kappa shape index (κ3) is 7.42. The Morgan fingerprint density at radius 3 is 2.45 bits per heavy atom. The van der Waals surface area contributed by atoms with E-state index >= 15 is 4.39 Å². The zero-order valence-corrected chi connectivity index (χ0v) is 25.5. The highest BCUT2D eigenvalue weighted by Crippen LogP contribution is 2.49. The summed E-state index contributed by atoms with van der Waals surface area (Å²) in [7, 11) is 1.60. The van der Waals surface area contributed by atoms with E-state index in [-0.39, 0.29) is 29.0 Å². The number of ether oxygens (including phenoxy) is 2. The Balaban J connectivity index is 1.47. The van der Waals surface area contributed by atoms with E-state index in [0.29, 0.717) is 23.8 Å². The van der Waals surface area contributed by atoms with Gasteiger partial charge in [-0.05, 0) is 106 Å². The summed E-state index contributed by atoms with van der Waals surface area (Å²) in [5, 5.41) is 9.48. The molecule has 0 heterocycles. The molecule has 3 aromatic carbocycles. The fourth-order valence-corrected chi connectivity index (χ4v) is 6.91. The topological polar surface area (TPSA) is 55.8 Å². The average molecular weight is 571 g/mol. The second-order valence-electron chi connectivity index (χ2n) is 13.7. The lowest BCUT2D eigenvalue weighted by molar-refractivity contribution is -0.137. The Labute approximate surface area is 249 Å². The number of allylic oxidation sites excluding steroid dienone is 2. The fourth-order valence-electron chi connectivity index (χ4n) is 6.91. The van der Waals surface area contributed by atoms with Gasteiger partial charge in [-0.3, -0.25) is 4.79 Å². The molecule has 0 bridgehead atoms. The molecule has 3 aromatic rings. The second kappa shape index (κ2) is 11.9. The minimum Gasteiger partial charge on any atom is -0.497 e. The lowest BCUT2D eigenvalue weighted by Crippen LogP contribution is -2.26. The van der Waals surface area contributed by atoms with Crippen molar-refractivity contribution in [1.29, 1.82) is 0 Å². The number of carboxylic acids is 1. The van der Waals surface area contributed by atoms with E-state index in [9.17, 15) is 9.90 Å². The van der Waals surface area contributed by atoms with Crippen LogP contribution in [0.5, 0.6) is 11.5 Å². The molecule has 4 nitrogen and oxygen atoms in total. The molecule has 1 saturated carbocycles. The SMILES string of the molecule is COc1ccc(F)c(-c2ccc(COc3cccc([C@H](CC(=O)O)CC4CC4)c3)cc2C2=CC(C)(C)CC(C)(C)C2)c1. The number of carboxylic acid groups (broad SMARTS) is 1. The minimum atomic E-state index is -0.768. The number of halogens is 1. The van der Waals surface area contributed by atoms with Crippen LogP contribution in [-0.4, -0.2) is 18.2 Å². The van der Waals surface area contributed by atoms with Gasteiger partial charge in [-0.1, -0.05) is 70.9 Å². The van der Waals surface area contributed by atoms with Gasteiger partial charge in [0.1, 0.15) is 23.9 Å². The highest BCUT2D eigenvalue weighted by atomic mass is 19.1. The van der Waals surface area contributed by atoms with Crippen LogP contribution in [0, 0.1) is 22.6 Å². The van der Waals surface area contributed by atoms with Gasteiger partial charge < -0.3 is 14.6 Å². The maximum absolute atomic E-state index is 15.2. The first-order valence-electron chi connectivity index (χ1n) is 15.0. The van der Waals surface area contributed by atoms with Crippen LogP contribution in [0.2, 0.25) is 0 Å². The summed E-state index contributed by atoms with van der Waals surface area (Å²) in [4.78, 5) is 11.5. The molecular formula is C37H43FO4. The van der Waals surface area contributed by atoms with Gasteiger partial charge in [0.15, 0.2) is 0 Å². The zero-order chi connectivity index (χ0) is 30.1. The quantitative estimate of drug-likeness (QED) is 0.249. The largest absolute Gasteiger partial charge is 0.497 e. The summed E-state index contributed by atoms with van der Waals surface area (Å²) in [6.45, 7) is 9.48. The molecule has 0 aliphatic heterocycles. The molecule has 0 amide bonds. The Kier molecular flexibility index (Phi) is 8.50. The number of methoxy groups -OCH3 is 1. The number of hydrogen-bond donors (Lipinski definition) is 1. The predicted octanol–water partition coefficient (Wildman–Crippen LogP) is 9.67. The Bertz CT molecular complexity index is 1480. The van der Waals surface area contributed by atoms with E-state index in [1.807, 2.05) is 36.4 Å². The first kappa shape index (κ1) is 29.9. The highest BCUT2D eigenvalue weighted by Gasteiger charge is 2.34. The summed E-state index contributed by atoms with van der Waals surface area (Å²) in [6, 6.07) is 18.9. The van der Waals surface area contributed by atoms with Crippen molar-refractivity contribution in [2.75, 3.05) is 7.11 Å². The molecule has 42 heavy (non-hydrogen) atoms. The van der Waals surface area contributed by atoms with Gasteiger partial charge in [-0.2, -0.15) is 0 Å². The molecule has 0 aromatic heterocycles. The van der Waals surface area contributed by atoms with Gasteiger partial charge in [0.2, 0.25) is 0 Å².